The molecule has 0 fully saturated rings. The number of rotatable bonds is 8. The molecule has 0 spiro atoms. The van der Waals surface area contributed by atoms with Gasteiger partial charge in [0.25, 0.3) is 0 Å². The molecule has 2 N–H and O–H groups in total. The van der Waals surface area contributed by atoms with E-state index in [0.29, 0.717) is 6.54 Å². The number of nitrogens with zero attached hydrogens (tertiary/aromatic N) is 1. The van der Waals surface area contributed by atoms with Gasteiger partial charge in [-0.2, -0.15) is 0 Å². The Morgan fingerprint density at radius 3 is 1.94 bits per heavy atom. The van der Waals surface area contributed by atoms with Crippen molar-refractivity contribution in [2.45, 2.75) is 93.0 Å². The Labute approximate surface area is 193 Å². The smallest absolute Gasteiger partial charge is 0.408 e. The van der Waals surface area contributed by atoms with Gasteiger partial charge in [-0.3, -0.25) is 9.59 Å². The van der Waals surface area contributed by atoms with Crippen molar-refractivity contribution in [1.82, 2.24) is 15.5 Å². The molecule has 32 heavy (non-hydrogen) atoms. The number of hydrogen-bond acceptors (Lipinski definition) is 4. The van der Waals surface area contributed by atoms with Crippen LogP contribution in [0.4, 0.5) is 4.79 Å². The average Bonchev–Trinajstić information content (AvgIpc) is 2.62. The van der Waals surface area contributed by atoms with Crippen molar-refractivity contribution < 1.29 is 19.1 Å². The van der Waals surface area contributed by atoms with Crippen LogP contribution in [0.1, 0.15) is 78.1 Å². The summed E-state index contributed by atoms with van der Waals surface area (Å²) in [7, 11) is 0. The Bertz CT molecular complexity index is 792. The van der Waals surface area contributed by atoms with Crippen LogP contribution in [0.5, 0.6) is 0 Å². The number of ether oxygens (including phenoxy) is 1. The maximum atomic E-state index is 13.7. The van der Waals surface area contributed by atoms with Crippen LogP contribution in [0.3, 0.4) is 0 Å². The summed E-state index contributed by atoms with van der Waals surface area (Å²) in [5.41, 5.74) is 1.99. The summed E-state index contributed by atoms with van der Waals surface area (Å²) in [5.74, 6) is -0.761. The van der Waals surface area contributed by atoms with E-state index in [1.807, 2.05) is 66.7 Å². The zero-order valence-electron chi connectivity index (χ0n) is 21.3. The molecule has 0 heterocycles. The first-order chi connectivity index (χ1) is 14.7. The predicted octanol–water partition coefficient (Wildman–Crippen LogP) is 4.27. The Hall–Kier alpha value is -2.57. The molecule has 0 aliphatic rings. The normalized spacial score (nSPS) is 13.5. The van der Waals surface area contributed by atoms with Gasteiger partial charge in [0.15, 0.2) is 0 Å². The second-order valence-corrected chi connectivity index (χ2v) is 9.86. The van der Waals surface area contributed by atoms with Crippen molar-refractivity contribution in [1.29, 1.82) is 0 Å². The second kappa shape index (κ2) is 11.3. The predicted molar refractivity (Wildman–Crippen MR) is 127 cm³/mol. The molecule has 2 unspecified atom stereocenters. The highest BCUT2D eigenvalue weighted by molar-refractivity contribution is 5.92. The van der Waals surface area contributed by atoms with Crippen LogP contribution < -0.4 is 10.6 Å². The zero-order chi connectivity index (χ0) is 24.8. The third kappa shape index (κ3) is 7.53. The average molecular weight is 448 g/mol. The van der Waals surface area contributed by atoms with E-state index in [-0.39, 0.29) is 23.8 Å². The van der Waals surface area contributed by atoms with E-state index in [9.17, 15) is 14.4 Å². The van der Waals surface area contributed by atoms with Crippen molar-refractivity contribution in [3.05, 3.63) is 34.9 Å². The van der Waals surface area contributed by atoms with Crippen molar-refractivity contribution in [2.75, 3.05) is 6.54 Å². The molecule has 7 nitrogen and oxygen atoms in total. The van der Waals surface area contributed by atoms with Crippen molar-refractivity contribution in [3.8, 4) is 0 Å². The topological polar surface area (TPSA) is 87.7 Å². The SMILES string of the molecule is CCN(C(=O)C(NC(=O)OC(C)(C)C)C(C)C)C(C(=O)NC(C)C)c1c(C)cccc1C. The van der Waals surface area contributed by atoms with Crippen LogP contribution in [-0.4, -0.2) is 47.0 Å². The van der Waals surface area contributed by atoms with Gasteiger partial charge in [0.1, 0.15) is 17.7 Å². The minimum absolute atomic E-state index is 0.0797. The van der Waals surface area contributed by atoms with Gasteiger partial charge in [0.05, 0.1) is 0 Å². The first kappa shape index (κ1) is 27.5. The lowest BCUT2D eigenvalue weighted by molar-refractivity contribution is -0.143. The first-order valence-electron chi connectivity index (χ1n) is 11.4. The van der Waals surface area contributed by atoms with Crippen LogP contribution >= 0.6 is 0 Å². The minimum Gasteiger partial charge on any atom is -0.444 e. The number of carbonyl (C=O) groups excluding carboxylic acids is 3. The Morgan fingerprint density at radius 1 is 1.00 bits per heavy atom. The van der Waals surface area contributed by atoms with Gasteiger partial charge in [0.2, 0.25) is 11.8 Å². The minimum atomic E-state index is -0.830. The van der Waals surface area contributed by atoms with Gasteiger partial charge in [-0.15, -0.1) is 0 Å². The number of alkyl carbamates (subject to hydrolysis) is 1. The molecule has 0 aliphatic carbocycles. The molecular formula is C25H41N3O4. The zero-order valence-corrected chi connectivity index (χ0v) is 21.3. The van der Waals surface area contributed by atoms with Gasteiger partial charge in [-0.05, 0) is 78.0 Å². The van der Waals surface area contributed by atoms with Crippen molar-refractivity contribution in [2.24, 2.45) is 5.92 Å². The molecule has 180 valence electrons. The summed E-state index contributed by atoms with van der Waals surface area (Å²) in [4.78, 5) is 41.1. The lowest BCUT2D eigenvalue weighted by Gasteiger charge is -2.36. The number of amides is 3. The fourth-order valence-electron chi connectivity index (χ4n) is 3.64. The highest BCUT2D eigenvalue weighted by atomic mass is 16.6. The van der Waals surface area contributed by atoms with Gasteiger partial charge in [-0.25, -0.2) is 4.79 Å². The molecule has 7 heteroatoms. The highest BCUT2D eigenvalue weighted by Crippen LogP contribution is 2.29. The highest BCUT2D eigenvalue weighted by Gasteiger charge is 2.38. The molecule has 0 aromatic heterocycles. The molecule has 0 saturated heterocycles. The molecule has 2 atom stereocenters. The third-order valence-electron chi connectivity index (χ3n) is 5.04. The van der Waals surface area contributed by atoms with Gasteiger partial charge in [0, 0.05) is 12.6 Å². The fraction of sp³-hybridized carbons (Fsp3) is 0.640. The monoisotopic (exact) mass is 447 g/mol. The number of carbonyl (C=O) groups is 3. The molecule has 0 radical (unpaired) electrons. The van der Waals surface area contributed by atoms with Crippen LogP contribution in [0.25, 0.3) is 0 Å². The Morgan fingerprint density at radius 2 is 1.53 bits per heavy atom. The van der Waals surface area contributed by atoms with E-state index >= 15 is 0 Å². The van der Waals surface area contributed by atoms with Gasteiger partial charge < -0.3 is 20.3 Å². The quantitative estimate of drug-likeness (QED) is 0.623. The van der Waals surface area contributed by atoms with E-state index in [4.69, 9.17) is 4.74 Å². The molecule has 0 aliphatic heterocycles. The van der Waals surface area contributed by atoms with E-state index in [1.54, 1.807) is 25.7 Å². The molecule has 3 amide bonds. The van der Waals surface area contributed by atoms with E-state index in [0.717, 1.165) is 16.7 Å². The maximum absolute atomic E-state index is 13.7. The summed E-state index contributed by atoms with van der Waals surface area (Å²) >= 11 is 0. The molecular weight excluding hydrogens is 406 g/mol. The van der Waals surface area contributed by atoms with E-state index in [1.165, 1.54) is 0 Å². The molecule has 1 rings (SSSR count). The molecule has 0 bridgehead atoms. The fourth-order valence-corrected chi connectivity index (χ4v) is 3.64. The summed E-state index contributed by atoms with van der Waals surface area (Å²) in [6.07, 6.45) is -0.657. The Balaban J connectivity index is 3.43. The van der Waals surface area contributed by atoms with Crippen LogP contribution in [0.15, 0.2) is 18.2 Å². The van der Waals surface area contributed by atoms with E-state index < -0.39 is 23.8 Å². The standard InChI is InChI=1S/C25H41N3O4/c1-11-28(23(30)20(15(2)3)27-24(31)32-25(8,9)10)21(22(29)26-16(4)5)19-17(6)13-12-14-18(19)7/h12-16,20-21H,11H2,1-10H3,(H,26,29)(H,27,31). The Kier molecular flexibility index (Phi) is 9.73. The van der Waals surface area contributed by atoms with Gasteiger partial charge >= 0.3 is 6.09 Å². The lowest BCUT2D eigenvalue weighted by Crippen LogP contribution is -2.55. The van der Waals surface area contributed by atoms with Crippen LogP contribution in [-0.2, 0) is 14.3 Å². The van der Waals surface area contributed by atoms with Gasteiger partial charge in [-0.1, -0.05) is 32.0 Å². The number of benzene rings is 1. The summed E-state index contributed by atoms with van der Waals surface area (Å²) in [6.45, 7) is 18.8. The number of likely N-dealkylation sites (N-methyl/N-ethyl adjacent to an activating group) is 1. The van der Waals surface area contributed by atoms with Crippen LogP contribution in [0.2, 0.25) is 0 Å². The molecule has 0 saturated carbocycles. The first-order valence-corrected chi connectivity index (χ1v) is 11.4. The second-order valence-electron chi connectivity index (χ2n) is 9.86. The summed E-state index contributed by atoms with van der Waals surface area (Å²) in [6, 6.07) is 4.10. The summed E-state index contributed by atoms with van der Waals surface area (Å²) < 4.78 is 5.37. The molecule has 1 aromatic rings. The maximum Gasteiger partial charge on any atom is 0.408 e. The number of hydrogen-bond donors (Lipinski definition) is 2. The third-order valence-corrected chi connectivity index (χ3v) is 5.04. The lowest BCUT2D eigenvalue weighted by atomic mass is 9.92. The van der Waals surface area contributed by atoms with Crippen molar-refractivity contribution >= 4 is 17.9 Å². The number of nitrogens with one attached hydrogen (secondary N) is 2. The van der Waals surface area contributed by atoms with Crippen molar-refractivity contribution in [3.63, 3.8) is 0 Å². The van der Waals surface area contributed by atoms with E-state index in [2.05, 4.69) is 10.6 Å². The molecule has 1 aromatic carbocycles. The number of aryl methyl sites for hydroxylation is 2. The summed E-state index contributed by atoms with van der Waals surface area (Å²) in [5, 5.41) is 5.68. The van der Waals surface area contributed by atoms with Crippen LogP contribution in [0, 0.1) is 19.8 Å². The largest absolute Gasteiger partial charge is 0.444 e.